The third-order valence-corrected chi connectivity index (χ3v) is 3.38. The Morgan fingerprint density at radius 2 is 2.33 bits per heavy atom. The maximum absolute atomic E-state index is 11.9. The molecule has 6 heteroatoms. The van der Waals surface area contributed by atoms with Crippen molar-refractivity contribution in [2.45, 2.75) is 26.2 Å². The lowest BCUT2D eigenvalue weighted by molar-refractivity contribution is 0.0408. The molecule has 0 spiro atoms. The van der Waals surface area contributed by atoms with Crippen LogP contribution in [0.15, 0.2) is 0 Å². The van der Waals surface area contributed by atoms with Gasteiger partial charge in [0.15, 0.2) is 5.69 Å². The predicted octanol–water partition coefficient (Wildman–Crippen LogP) is 1.16. The molecule has 1 aliphatic rings. The summed E-state index contributed by atoms with van der Waals surface area (Å²) in [7, 11) is 1.65. The standard InChI is InChI=1S/C12H16N4O2/c1-8-9(14)10(16(2)15-8)11(17)18-7-12(3-4-12)5-6-13/h3-5,7,14H2,1-2H3. The van der Waals surface area contributed by atoms with E-state index in [0.717, 1.165) is 12.8 Å². The number of carbonyl (C=O) groups excluding carboxylic acids is 1. The zero-order valence-electron chi connectivity index (χ0n) is 10.6. The number of hydrogen-bond donors (Lipinski definition) is 1. The first-order valence-corrected chi connectivity index (χ1v) is 5.82. The van der Waals surface area contributed by atoms with E-state index in [4.69, 9.17) is 15.7 Å². The molecule has 0 atom stereocenters. The number of nitrogens with two attached hydrogens (primary N) is 1. The van der Waals surface area contributed by atoms with Crippen LogP contribution in [0, 0.1) is 23.7 Å². The maximum atomic E-state index is 11.9. The van der Waals surface area contributed by atoms with Crippen LogP contribution in [0.3, 0.4) is 0 Å². The lowest BCUT2D eigenvalue weighted by Gasteiger charge is -2.11. The van der Waals surface area contributed by atoms with Gasteiger partial charge in [-0.15, -0.1) is 0 Å². The fourth-order valence-electron chi connectivity index (χ4n) is 1.92. The molecular weight excluding hydrogens is 232 g/mol. The van der Waals surface area contributed by atoms with Gasteiger partial charge in [-0.1, -0.05) is 0 Å². The second-order valence-electron chi connectivity index (χ2n) is 4.88. The molecule has 1 heterocycles. The van der Waals surface area contributed by atoms with E-state index in [2.05, 4.69) is 11.2 Å². The van der Waals surface area contributed by atoms with Crippen molar-refractivity contribution in [1.29, 1.82) is 5.26 Å². The van der Waals surface area contributed by atoms with E-state index in [9.17, 15) is 4.79 Å². The first-order valence-electron chi connectivity index (χ1n) is 5.82. The summed E-state index contributed by atoms with van der Waals surface area (Å²) < 4.78 is 6.68. The minimum Gasteiger partial charge on any atom is -0.460 e. The monoisotopic (exact) mass is 248 g/mol. The van der Waals surface area contributed by atoms with Crippen LogP contribution in [-0.4, -0.2) is 22.4 Å². The minimum absolute atomic E-state index is 0.118. The van der Waals surface area contributed by atoms with Gasteiger partial charge in [-0.2, -0.15) is 10.4 Å². The Kier molecular flexibility index (Phi) is 2.99. The zero-order valence-corrected chi connectivity index (χ0v) is 10.6. The summed E-state index contributed by atoms with van der Waals surface area (Å²) in [6.45, 7) is 2.02. The Morgan fingerprint density at radius 3 is 2.78 bits per heavy atom. The highest BCUT2D eigenvalue weighted by Gasteiger charge is 2.44. The van der Waals surface area contributed by atoms with Crippen LogP contribution < -0.4 is 5.73 Å². The van der Waals surface area contributed by atoms with Crippen LogP contribution in [0.5, 0.6) is 0 Å². The third kappa shape index (κ3) is 2.16. The first kappa shape index (κ1) is 12.4. The number of esters is 1. The van der Waals surface area contributed by atoms with Crippen molar-refractivity contribution in [3.63, 3.8) is 0 Å². The van der Waals surface area contributed by atoms with E-state index in [0.29, 0.717) is 17.8 Å². The second-order valence-corrected chi connectivity index (χ2v) is 4.88. The Morgan fingerprint density at radius 1 is 1.67 bits per heavy atom. The maximum Gasteiger partial charge on any atom is 0.358 e. The Bertz CT molecular complexity index is 523. The quantitative estimate of drug-likeness (QED) is 0.807. The number of aromatic nitrogens is 2. The molecule has 1 aliphatic carbocycles. The minimum atomic E-state index is -0.472. The average molecular weight is 248 g/mol. The van der Waals surface area contributed by atoms with Gasteiger partial charge in [0.05, 0.1) is 24.1 Å². The molecule has 2 rings (SSSR count). The molecule has 0 unspecified atom stereocenters. The Balaban J connectivity index is 2.03. The van der Waals surface area contributed by atoms with Gasteiger partial charge in [-0.25, -0.2) is 4.79 Å². The van der Waals surface area contributed by atoms with Gasteiger partial charge >= 0.3 is 5.97 Å². The topological polar surface area (TPSA) is 93.9 Å². The Hall–Kier alpha value is -2.03. The summed E-state index contributed by atoms with van der Waals surface area (Å²) in [6.07, 6.45) is 2.31. The van der Waals surface area contributed by atoms with Gasteiger partial charge in [-0.3, -0.25) is 4.68 Å². The molecule has 96 valence electrons. The molecule has 1 aromatic rings. The Labute approximate surface area is 105 Å². The number of nitrogen functional groups attached to an aromatic ring is 1. The van der Waals surface area contributed by atoms with Crippen molar-refractivity contribution in [3.8, 4) is 6.07 Å². The number of ether oxygens (including phenoxy) is 1. The summed E-state index contributed by atoms with van der Waals surface area (Å²) in [5.74, 6) is -0.472. The number of carbonyl (C=O) groups is 1. The SMILES string of the molecule is Cc1nn(C)c(C(=O)OCC2(CC#N)CC2)c1N. The summed E-state index contributed by atoms with van der Waals surface area (Å²) in [5, 5.41) is 12.8. The zero-order chi connectivity index (χ0) is 13.3. The fraction of sp³-hybridized carbons (Fsp3) is 0.583. The number of hydrogen-bond acceptors (Lipinski definition) is 5. The predicted molar refractivity (Wildman–Crippen MR) is 64.5 cm³/mol. The molecule has 0 amide bonds. The van der Waals surface area contributed by atoms with Gasteiger partial charge in [-0.05, 0) is 19.8 Å². The summed E-state index contributed by atoms with van der Waals surface area (Å²) in [5.41, 5.74) is 6.91. The molecule has 0 radical (unpaired) electrons. The largest absolute Gasteiger partial charge is 0.460 e. The number of rotatable bonds is 4. The van der Waals surface area contributed by atoms with Gasteiger partial charge in [0.25, 0.3) is 0 Å². The lowest BCUT2D eigenvalue weighted by Crippen LogP contribution is -2.18. The van der Waals surface area contributed by atoms with Crippen molar-refractivity contribution in [3.05, 3.63) is 11.4 Å². The van der Waals surface area contributed by atoms with E-state index < -0.39 is 5.97 Å². The lowest BCUT2D eigenvalue weighted by atomic mass is 10.1. The van der Waals surface area contributed by atoms with E-state index in [1.54, 1.807) is 14.0 Å². The highest BCUT2D eigenvalue weighted by molar-refractivity contribution is 5.93. The highest BCUT2D eigenvalue weighted by atomic mass is 16.5. The fourth-order valence-corrected chi connectivity index (χ4v) is 1.92. The van der Waals surface area contributed by atoms with Gasteiger partial charge in [0.2, 0.25) is 0 Å². The molecule has 6 nitrogen and oxygen atoms in total. The van der Waals surface area contributed by atoms with Crippen LogP contribution in [0.4, 0.5) is 5.69 Å². The molecule has 0 aliphatic heterocycles. The van der Waals surface area contributed by atoms with E-state index in [1.165, 1.54) is 4.68 Å². The summed E-state index contributed by atoms with van der Waals surface area (Å²) in [6, 6.07) is 2.13. The van der Waals surface area contributed by atoms with Gasteiger partial charge in [0, 0.05) is 18.9 Å². The normalized spacial score (nSPS) is 16.1. The van der Waals surface area contributed by atoms with Crippen LogP contribution in [0.25, 0.3) is 0 Å². The molecule has 0 aromatic carbocycles. The molecule has 1 aromatic heterocycles. The van der Waals surface area contributed by atoms with Crippen molar-refractivity contribution >= 4 is 11.7 Å². The van der Waals surface area contributed by atoms with Crippen LogP contribution in [0.1, 0.15) is 35.4 Å². The molecule has 1 fully saturated rings. The number of anilines is 1. The first-order chi connectivity index (χ1) is 8.49. The van der Waals surface area contributed by atoms with E-state index >= 15 is 0 Å². The van der Waals surface area contributed by atoms with Gasteiger partial charge in [0.1, 0.15) is 0 Å². The van der Waals surface area contributed by atoms with Crippen LogP contribution >= 0.6 is 0 Å². The molecule has 0 saturated heterocycles. The summed E-state index contributed by atoms with van der Waals surface area (Å²) >= 11 is 0. The van der Waals surface area contributed by atoms with Crippen LogP contribution in [-0.2, 0) is 11.8 Å². The number of aryl methyl sites for hydroxylation is 2. The molecular formula is C12H16N4O2. The van der Waals surface area contributed by atoms with E-state index in [1.807, 2.05) is 0 Å². The highest BCUT2D eigenvalue weighted by Crippen LogP contribution is 2.48. The van der Waals surface area contributed by atoms with Crippen molar-refractivity contribution in [2.24, 2.45) is 12.5 Å². The summed E-state index contributed by atoms with van der Waals surface area (Å²) in [4.78, 5) is 11.9. The second kappa shape index (κ2) is 4.33. The van der Waals surface area contributed by atoms with E-state index in [-0.39, 0.29) is 17.7 Å². The van der Waals surface area contributed by atoms with Crippen molar-refractivity contribution < 1.29 is 9.53 Å². The molecule has 18 heavy (non-hydrogen) atoms. The van der Waals surface area contributed by atoms with Crippen LogP contribution in [0.2, 0.25) is 0 Å². The van der Waals surface area contributed by atoms with Crippen molar-refractivity contribution in [2.75, 3.05) is 12.3 Å². The van der Waals surface area contributed by atoms with Crippen molar-refractivity contribution in [1.82, 2.24) is 9.78 Å². The third-order valence-electron chi connectivity index (χ3n) is 3.38. The smallest absolute Gasteiger partial charge is 0.358 e. The molecule has 1 saturated carbocycles. The van der Waals surface area contributed by atoms with Gasteiger partial charge < -0.3 is 10.5 Å². The number of nitrogens with zero attached hydrogens (tertiary/aromatic N) is 3. The molecule has 0 bridgehead atoms. The number of nitriles is 1. The molecule has 2 N–H and O–H groups in total. The average Bonchev–Trinajstić information content (AvgIpc) is 3.02.